The van der Waals surface area contributed by atoms with Gasteiger partial charge in [0.05, 0.1) is 23.4 Å². The lowest BCUT2D eigenvalue weighted by atomic mass is 10.2. The topological polar surface area (TPSA) is 66.9 Å². The van der Waals surface area contributed by atoms with Gasteiger partial charge < -0.3 is 14.5 Å². The van der Waals surface area contributed by atoms with Gasteiger partial charge in [0.1, 0.15) is 6.54 Å². The molecule has 1 aromatic carbocycles. The first-order valence-corrected chi connectivity index (χ1v) is 7.75. The van der Waals surface area contributed by atoms with Crippen molar-refractivity contribution in [3.8, 4) is 0 Å². The summed E-state index contributed by atoms with van der Waals surface area (Å²) >= 11 is 6.16. The number of ether oxygens (including phenoxy) is 1. The van der Waals surface area contributed by atoms with E-state index in [2.05, 4.69) is 4.74 Å². The molecule has 0 aromatic heterocycles. The first kappa shape index (κ1) is 17.3. The lowest BCUT2D eigenvalue weighted by molar-refractivity contribution is -0.130. The van der Waals surface area contributed by atoms with Crippen molar-refractivity contribution in [1.82, 2.24) is 4.90 Å². The first-order valence-electron chi connectivity index (χ1n) is 7.37. The lowest BCUT2D eigenvalue weighted by Gasteiger charge is -2.25. The van der Waals surface area contributed by atoms with Crippen molar-refractivity contribution in [2.45, 2.75) is 19.8 Å². The molecule has 7 heteroatoms. The van der Waals surface area contributed by atoms with Crippen molar-refractivity contribution in [2.24, 2.45) is 0 Å². The number of anilines is 1. The van der Waals surface area contributed by atoms with E-state index >= 15 is 0 Å². The van der Waals surface area contributed by atoms with Crippen LogP contribution in [0, 0.1) is 0 Å². The Morgan fingerprint density at radius 3 is 2.48 bits per heavy atom. The zero-order valence-corrected chi connectivity index (χ0v) is 13.9. The number of carbonyl (C=O) groups excluding carboxylic acids is 3. The molecular formula is C16H19ClN2O4. The molecule has 0 saturated carbocycles. The first-order chi connectivity index (χ1) is 10.9. The Morgan fingerprint density at radius 2 is 1.91 bits per heavy atom. The van der Waals surface area contributed by atoms with Gasteiger partial charge in [0.25, 0.3) is 0 Å². The molecule has 2 rings (SSSR count). The van der Waals surface area contributed by atoms with Crippen LogP contribution in [0.3, 0.4) is 0 Å². The zero-order valence-electron chi connectivity index (χ0n) is 13.2. The molecule has 6 nitrogen and oxygen atoms in total. The van der Waals surface area contributed by atoms with Crippen LogP contribution in [0.1, 0.15) is 30.1 Å². The molecule has 0 unspecified atom stereocenters. The highest BCUT2D eigenvalue weighted by Gasteiger charge is 2.24. The lowest BCUT2D eigenvalue weighted by Crippen LogP contribution is -2.41. The average molecular weight is 339 g/mol. The minimum absolute atomic E-state index is 0.0975. The van der Waals surface area contributed by atoms with Gasteiger partial charge in [-0.3, -0.25) is 9.59 Å². The average Bonchev–Trinajstić information content (AvgIpc) is 3.06. The van der Waals surface area contributed by atoms with Crippen molar-refractivity contribution >= 4 is 35.1 Å². The summed E-state index contributed by atoms with van der Waals surface area (Å²) in [4.78, 5) is 39.0. The smallest absolute Gasteiger partial charge is 0.337 e. The highest BCUT2D eigenvalue weighted by Crippen LogP contribution is 2.28. The second-order valence-electron chi connectivity index (χ2n) is 5.35. The summed E-state index contributed by atoms with van der Waals surface area (Å²) in [5.41, 5.74) is 0.599. The molecule has 124 valence electrons. The molecule has 23 heavy (non-hydrogen) atoms. The van der Waals surface area contributed by atoms with Gasteiger partial charge in [-0.05, 0) is 31.0 Å². The van der Waals surface area contributed by atoms with E-state index < -0.39 is 5.97 Å². The summed E-state index contributed by atoms with van der Waals surface area (Å²) in [6.45, 7) is 2.68. The maximum atomic E-state index is 12.3. The van der Waals surface area contributed by atoms with E-state index in [1.807, 2.05) is 0 Å². The van der Waals surface area contributed by atoms with E-state index in [9.17, 15) is 14.4 Å². The van der Waals surface area contributed by atoms with Crippen LogP contribution in [0.5, 0.6) is 0 Å². The summed E-state index contributed by atoms with van der Waals surface area (Å²) in [6, 6.07) is 4.49. The highest BCUT2D eigenvalue weighted by molar-refractivity contribution is 6.34. The second kappa shape index (κ2) is 7.46. The molecule has 0 spiro atoms. The Kier molecular flexibility index (Phi) is 5.60. The maximum Gasteiger partial charge on any atom is 0.337 e. The largest absolute Gasteiger partial charge is 0.465 e. The molecule has 1 aliphatic rings. The van der Waals surface area contributed by atoms with E-state index in [-0.39, 0.29) is 23.9 Å². The molecule has 0 N–H and O–H groups in total. The standard InChI is InChI=1S/C16H19ClN2O4/c1-11(20)19(10-15(21)18-7-3-4-8-18)14-9-12(16(22)23-2)5-6-13(14)17/h5-6,9H,3-4,7-8,10H2,1-2H3. The fourth-order valence-electron chi connectivity index (χ4n) is 2.53. The van der Waals surface area contributed by atoms with Gasteiger partial charge in [0.15, 0.2) is 0 Å². The zero-order chi connectivity index (χ0) is 17.0. The summed E-state index contributed by atoms with van der Waals surface area (Å²) in [5, 5.41) is 0.294. The Hall–Kier alpha value is -2.08. The van der Waals surface area contributed by atoms with Crippen molar-refractivity contribution in [3.63, 3.8) is 0 Å². The quantitative estimate of drug-likeness (QED) is 0.788. The van der Waals surface area contributed by atoms with Crippen molar-refractivity contribution in [3.05, 3.63) is 28.8 Å². The predicted molar refractivity (Wildman–Crippen MR) is 86.6 cm³/mol. The third-order valence-electron chi connectivity index (χ3n) is 3.79. The predicted octanol–water partition coefficient (Wildman–Crippen LogP) is 2.10. The summed E-state index contributed by atoms with van der Waals surface area (Å²) in [7, 11) is 1.27. The van der Waals surface area contributed by atoms with E-state index in [1.54, 1.807) is 4.90 Å². The van der Waals surface area contributed by atoms with Crippen molar-refractivity contribution in [2.75, 3.05) is 31.6 Å². The third-order valence-corrected chi connectivity index (χ3v) is 4.11. The molecule has 2 amide bonds. The molecule has 1 aromatic rings. The Labute approximate surface area is 139 Å². The van der Waals surface area contributed by atoms with Crippen LogP contribution in [0.4, 0.5) is 5.69 Å². The van der Waals surface area contributed by atoms with Crippen LogP contribution in [-0.4, -0.2) is 49.4 Å². The van der Waals surface area contributed by atoms with Crippen LogP contribution >= 0.6 is 11.6 Å². The number of hydrogen-bond donors (Lipinski definition) is 0. The van der Waals surface area contributed by atoms with Gasteiger partial charge in [-0.1, -0.05) is 11.6 Å². The number of halogens is 1. The fourth-order valence-corrected chi connectivity index (χ4v) is 2.75. The Morgan fingerprint density at radius 1 is 1.26 bits per heavy atom. The molecule has 1 aliphatic heterocycles. The molecule has 0 aliphatic carbocycles. The summed E-state index contributed by atoms with van der Waals surface area (Å²) in [5.74, 6) is -0.976. The van der Waals surface area contributed by atoms with Gasteiger partial charge in [-0.15, -0.1) is 0 Å². The van der Waals surface area contributed by atoms with Crippen LogP contribution in [-0.2, 0) is 14.3 Å². The number of esters is 1. The van der Waals surface area contributed by atoms with Crippen LogP contribution in [0.15, 0.2) is 18.2 Å². The molecular weight excluding hydrogens is 320 g/mol. The monoisotopic (exact) mass is 338 g/mol. The van der Waals surface area contributed by atoms with E-state index in [0.29, 0.717) is 23.8 Å². The number of nitrogens with zero attached hydrogens (tertiary/aromatic N) is 2. The van der Waals surface area contributed by atoms with Crippen molar-refractivity contribution < 1.29 is 19.1 Å². The van der Waals surface area contributed by atoms with Gasteiger partial charge in [0, 0.05) is 20.0 Å². The number of benzene rings is 1. The normalized spacial score (nSPS) is 13.8. The number of methoxy groups -OCH3 is 1. The van der Waals surface area contributed by atoms with Gasteiger partial charge in [-0.25, -0.2) is 4.79 Å². The van der Waals surface area contributed by atoms with Gasteiger partial charge in [-0.2, -0.15) is 0 Å². The van der Waals surface area contributed by atoms with Crippen LogP contribution in [0.2, 0.25) is 5.02 Å². The van der Waals surface area contributed by atoms with Crippen LogP contribution < -0.4 is 4.90 Å². The SMILES string of the molecule is COC(=O)c1ccc(Cl)c(N(CC(=O)N2CCCC2)C(C)=O)c1. The van der Waals surface area contributed by atoms with E-state index in [0.717, 1.165) is 12.8 Å². The minimum atomic E-state index is -0.530. The Balaban J connectivity index is 2.28. The van der Waals surface area contributed by atoms with E-state index in [1.165, 1.54) is 37.1 Å². The number of hydrogen-bond acceptors (Lipinski definition) is 4. The van der Waals surface area contributed by atoms with Gasteiger partial charge >= 0.3 is 5.97 Å². The number of rotatable bonds is 4. The molecule has 0 atom stereocenters. The molecule has 0 bridgehead atoms. The molecule has 1 fully saturated rings. The van der Waals surface area contributed by atoms with Crippen LogP contribution in [0.25, 0.3) is 0 Å². The van der Waals surface area contributed by atoms with Gasteiger partial charge in [0.2, 0.25) is 11.8 Å². The summed E-state index contributed by atoms with van der Waals surface area (Å²) in [6.07, 6.45) is 1.95. The fraction of sp³-hybridized carbons (Fsp3) is 0.438. The van der Waals surface area contributed by atoms with E-state index in [4.69, 9.17) is 11.6 Å². The number of likely N-dealkylation sites (tertiary alicyclic amines) is 1. The highest BCUT2D eigenvalue weighted by atomic mass is 35.5. The summed E-state index contributed by atoms with van der Waals surface area (Å²) < 4.78 is 4.67. The molecule has 0 radical (unpaired) electrons. The number of carbonyl (C=O) groups is 3. The maximum absolute atomic E-state index is 12.3. The Bertz CT molecular complexity index is 627. The minimum Gasteiger partial charge on any atom is -0.465 e. The number of amides is 2. The molecule has 1 heterocycles. The van der Waals surface area contributed by atoms with Crippen molar-refractivity contribution in [1.29, 1.82) is 0 Å². The molecule has 1 saturated heterocycles. The third kappa shape index (κ3) is 4.01. The second-order valence-corrected chi connectivity index (χ2v) is 5.76.